The molecule has 0 aromatic carbocycles. The van der Waals surface area contributed by atoms with Gasteiger partial charge in [0.2, 0.25) is 0 Å². The van der Waals surface area contributed by atoms with Gasteiger partial charge in [-0.1, -0.05) is 134 Å². The molecule has 0 fully saturated rings. The minimum absolute atomic E-state index is 0.0274. The van der Waals surface area contributed by atoms with E-state index in [0.29, 0.717) is 17.4 Å². The van der Waals surface area contributed by atoms with Gasteiger partial charge < -0.3 is 18.9 Å². The lowest BCUT2D eigenvalue weighted by Gasteiger charge is -2.24. The number of esters is 2. The molecule has 0 aromatic heterocycles. The molecule has 48 heavy (non-hydrogen) atoms. The highest BCUT2D eigenvalue weighted by Crippen LogP contribution is 2.43. The highest BCUT2D eigenvalue weighted by molar-refractivity contribution is 7.47. The summed E-state index contributed by atoms with van der Waals surface area (Å²) in [6.45, 7) is 4.23. The van der Waals surface area contributed by atoms with Crippen LogP contribution in [-0.4, -0.2) is 74.9 Å². The molecule has 9 nitrogen and oxygen atoms in total. The first-order valence-corrected chi connectivity index (χ1v) is 20.2. The topological polar surface area (TPSA) is 108 Å². The summed E-state index contributed by atoms with van der Waals surface area (Å²) in [5.41, 5.74) is 0. The summed E-state index contributed by atoms with van der Waals surface area (Å²) in [6.07, 6.45) is 31.9. The average molecular weight is 701 g/mol. The normalized spacial score (nSPS) is 14.2. The van der Waals surface area contributed by atoms with E-state index in [9.17, 15) is 19.0 Å². The van der Waals surface area contributed by atoms with E-state index in [1.165, 1.54) is 51.4 Å². The van der Waals surface area contributed by atoms with Crippen molar-refractivity contribution >= 4 is 19.8 Å². The summed E-state index contributed by atoms with van der Waals surface area (Å²) in [5, 5.41) is 0. The molecule has 0 aliphatic rings. The summed E-state index contributed by atoms with van der Waals surface area (Å²) in [4.78, 5) is 35.1. The number of nitrogens with zero attached hydrogens (tertiary/aromatic N) is 1. The molecule has 0 amide bonds. The minimum atomic E-state index is -4.37. The molecule has 10 heteroatoms. The lowest BCUT2D eigenvalue weighted by atomic mass is 10.1. The summed E-state index contributed by atoms with van der Waals surface area (Å²) < 4.78 is 34.1. The first-order valence-electron chi connectivity index (χ1n) is 18.7. The Balaban J connectivity index is 4.49. The molecule has 0 heterocycles. The number of ether oxygens (including phenoxy) is 2. The SMILES string of the molecule is CC/C=C/C=C/C=C/CCCCCCCC(=O)OC(COC(=O)CCCCCCCCCCCCC)COP(=O)(O)OCC[N+](C)(C)C. The number of quaternary nitrogens is 1. The number of carbonyl (C=O) groups excluding carboxylic acids is 2. The molecular weight excluding hydrogens is 629 g/mol. The highest BCUT2D eigenvalue weighted by atomic mass is 31.2. The lowest BCUT2D eigenvalue weighted by Crippen LogP contribution is -2.37. The summed E-state index contributed by atoms with van der Waals surface area (Å²) in [7, 11) is 1.46. The van der Waals surface area contributed by atoms with Crippen molar-refractivity contribution in [1.29, 1.82) is 0 Å². The van der Waals surface area contributed by atoms with E-state index in [1.807, 2.05) is 39.4 Å². The van der Waals surface area contributed by atoms with Crippen molar-refractivity contribution in [3.63, 3.8) is 0 Å². The van der Waals surface area contributed by atoms with Crippen LogP contribution in [0.25, 0.3) is 0 Å². The number of hydrogen-bond donors (Lipinski definition) is 1. The molecule has 0 saturated carbocycles. The van der Waals surface area contributed by atoms with Crippen LogP contribution < -0.4 is 0 Å². The van der Waals surface area contributed by atoms with Crippen LogP contribution in [-0.2, 0) is 32.7 Å². The van der Waals surface area contributed by atoms with Crippen molar-refractivity contribution in [3.8, 4) is 0 Å². The van der Waals surface area contributed by atoms with Gasteiger partial charge in [0.15, 0.2) is 6.10 Å². The molecule has 280 valence electrons. The molecule has 2 atom stereocenters. The van der Waals surface area contributed by atoms with Crippen LogP contribution in [0, 0.1) is 0 Å². The maximum absolute atomic E-state index is 12.6. The number of phosphoric acid groups is 1. The minimum Gasteiger partial charge on any atom is -0.462 e. The average Bonchev–Trinajstić information content (AvgIpc) is 3.02. The van der Waals surface area contributed by atoms with Crippen LogP contribution in [0.5, 0.6) is 0 Å². The molecule has 0 aliphatic carbocycles. The van der Waals surface area contributed by atoms with Crippen molar-refractivity contribution in [2.75, 3.05) is 47.5 Å². The van der Waals surface area contributed by atoms with E-state index in [4.69, 9.17) is 18.5 Å². The second-order valence-electron chi connectivity index (χ2n) is 13.6. The third-order valence-electron chi connectivity index (χ3n) is 7.75. The zero-order valence-electron chi connectivity index (χ0n) is 31.2. The number of phosphoric ester groups is 1. The van der Waals surface area contributed by atoms with Crippen molar-refractivity contribution in [2.45, 2.75) is 148 Å². The largest absolute Gasteiger partial charge is 0.472 e. The molecular formula is C38H71NO8P+. The number of unbranched alkanes of at least 4 members (excludes halogenated alkanes) is 15. The number of likely N-dealkylation sites (N-methyl/N-ethyl adjacent to an activating group) is 1. The van der Waals surface area contributed by atoms with Crippen molar-refractivity contribution < 1.29 is 42.1 Å². The van der Waals surface area contributed by atoms with Crippen LogP contribution in [0.3, 0.4) is 0 Å². The smallest absolute Gasteiger partial charge is 0.462 e. The first kappa shape index (κ1) is 46.2. The maximum atomic E-state index is 12.6. The van der Waals surface area contributed by atoms with Crippen molar-refractivity contribution in [3.05, 3.63) is 36.5 Å². The number of hydrogen-bond acceptors (Lipinski definition) is 7. The second kappa shape index (κ2) is 31.2. The standard InChI is InChI=1S/C38H70NO8P/c1-6-8-10-12-14-16-18-19-21-23-25-27-29-31-38(41)47-36(35-46-48(42,43)45-33-32-39(3,4)5)34-44-37(40)30-28-26-24-22-20-17-15-13-11-9-7-2/h8,10,12,14,16,18,36H,6-7,9,11,13,15,17,19-35H2,1-5H3/p+1/b10-8+,14-12+,18-16+. The molecule has 0 radical (unpaired) electrons. The van der Waals surface area contributed by atoms with Crippen LogP contribution in [0.2, 0.25) is 0 Å². The number of carbonyl (C=O) groups is 2. The zero-order valence-corrected chi connectivity index (χ0v) is 32.1. The van der Waals surface area contributed by atoms with E-state index in [0.717, 1.165) is 57.8 Å². The van der Waals surface area contributed by atoms with E-state index >= 15 is 0 Å². The van der Waals surface area contributed by atoms with Crippen LogP contribution in [0.4, 0.5) is 0 Å². The molecule has 2 unspecified atom stereocenters. The van der Waals surface area contributed by atoms with Gasteiger partial charge in [0.05, 0.1) is 27.7 Å². The van der Waals surface area contributed by atoms with Crippen molar-refractivity contribution in [2.24, 2.45) is 0 Å². The zero-order chi connectivity index (χ0) is 35.8. The Kier molecular flexibility index (Phi) is 30.1. The van der Waals surface area contributed by atoms with Gasteiger partial charge in [-0.15, -0.1) is 0 Å². The van der Waals surface area contributed by atoms with Gasteiger partial charge in [-0.2, -0.15) is 0 Å². The van der Waals surface area contributed by atoms with Crippen molar-refractivity contribution in [1.82, 2.24) is 0 Å². The Morgan fingerprint density at radius 2 is 1.19 bits per heavy atom. The second-order valence-corrected chi connectivity index (χ2v) is 15.1. The number of allylic oxidation sites excluding steroid dienone is 6. The summed E-state index contributed by atoms with van der Waals surface area (Å²) in [6, 6.07) is 0. The predicted molar refractivity (Wildman–Crippen MR) is 197 cm³/mol. The maximum Gasteiger partial charge on any atom is 0.472 e. The fourth-order valence-electron chi connectivity index (χ4n) is 4.78. The van der Waals surface area contributed by atoms with Gasteiger partial charge in [-0.25, -0.2) is 4.57 Å². The molecule has 0 aromatic rings. The first-order chi connectivity index (χ1) is 23.0. The molecule has 0 spiro atoms. The molecule has 0 bridgehead atoms. The third kappa shape index (κ3) is 34.1. The Morgan fingerprint density at radius 1 is 0.667 bits per heavy atom. The fraction of sp³-hybridized carbons (Fsp3) is 0.789. The van der Waals surface area contributed by atoms with Gasteiger partial charge in [-0.05, 0) is 32.1 Å². The Hall–Kier alpha value is -1.77. The van der Waals surface area contributed by atoms with E-state index in [1.54, 1.807) is 0 Å². The Labute approximate surface area is 293 Å². The Bertz CT molecular complexity index is 928. The van der Waals surface area contributed by atoms with Gasteiger partial charge in [0, 0.05) is 12.8 Å². The molecule has 1 N–H and O–H groups in total. The van der Waals surface area contributed by atoms with Crippen LogP contribution in [0.1, 0.15) is 142 Å². The molecule has 0 saturated heterocycles. The summed E-state index contributed by atoms with van der Waals surface area (Å²) >= 11 is 0. The molecule has 0 rings (SSSR count). The third-order valence-corrected chi connectivity index (χ3v) is 8.73. The molecule has 0 aliphatic heterocycles. The monoisotopic (exact) mass is 700 g/mol. The van der Waals surface area contributed by atoms with Crippen LogP contribution >= 0.6 is 7.82 Å². The van der Waals surface area contributed by atoms with Gasteiger partial charge in [0.25, 0.3) is 0 Å². The van der Waals surface area contributed by atoms with Crippen LogP contribution in [0.15, 0.2) is 36.5 Å². The fourth-order valence-corrected chi connectivity index (χ4v) is 5.52. The quantitative estimate of drug-likeness (QED) is 0.0237. The highest BCUT2D eigenvalue weighted by Gasteiger charge is 2.27. The summed E-state index contributed by atoms with van der Waals surface area (Å²) in [5.74, 6) is -0.826. The van der Waals surface area contributed by atoms with Gasteiger partial charge >= 0.3 is 19.8 Å². The van der Waals surface area contributed by atoms with E-state index < -0.39 is 26.5 Å². The lowest BCUT2D eigenvalue weighted by molar-refractivity contribution is -0.870. The van der Waals surface area contributed by atoms with E-state index in [2.05, 4.69) is 32.1 Å². The van der Waals surface area contributed by atoms with E-state index in [-0.39, 0.29) is 32.0 Å². The Morgan fingerprint density at radius 3 is 1.75 bits per heavy atom. The van der Waals surface area contributed by atoms with Gasteiger partial charge in [-0.3, -0.25) is 18.6 Å². The predicted octanol–water partition coefficient (Wildman–Crippen LogP) is 9.79. The number of rotatable bonds is 33. The van der Waals surface area contributed by atoms with Gasteiger partial charge in [0.1, 0.15) is 19.8 Å².